The minimum absolute atomic E-state index is 0.0705. The van der Waals surface area contributed by atoms with Crippen LogP contribution < -0.4 is 10.6 Å². The SMILES string of the molecule is Cc1ccc(C(=O)NCC(=O)NCCc2cccc(F)c2)s1. The van der Waals surface area contributed by atoms with Crippen LogP contribution in [-0.4, -0.2) is 24.9 Å². The molecular formula is C16H17FN2O2S. The van der Waals surface area contributed by atoms with Crippen LogP contribution in [0.3, 0.4) is 0 Å². The quantitative estimate of drug-likeness (QED) is 0.858. The number of amides is 2. The first-order chi connectivity index (χ1) is 10.5. The lowest BCUT2D eigenvalue weighted by molar-refractivity contribution is -0.120. The van der Waals surface area contributed by atoms with Crippen molar-refractivity contribution in [2.24, 2.45) is 0 Å². The van der Waals surface area contributed by atoms with E-state index >= 15 is 0 Å². The highest BCUT2D eigenvalue weighted by molar-refractivity contribution is 7.13. The number of nitrogens with one attached hydrogen (secondary N) is 2. The van der Waals surface area contributed by atoms with Gasteiger partial charge in [0.25, 0.3) is 5.91 Å². The molecule has 0 bridgehead atoms. The van der Waals surface area contributed by atoms with Crippen molar-refractivity contribution in [2.45, 2.75) is 13.3 Å². The van der Waals surface area contributed by atoms with Gasteiger partial charge < -0.3 is 10.6 Å². The van der Waals surface area contributed by atoms with Gasteiger partial charge >= 0.3 is 0 Å². The fraction of sp³-hybridized carbons (Fsp3) is 0.250. The first-order valence-electron chi connectivity index (χ1n) is 6.90. The Balaban J connectivity index is 1.69. The van der Waals surface area contributed by atoms with Crippen LogP contribution in [0, 0.1) is 12.7 Å². The van der Waals surface area contributed by atoms with E-state index in [9.17, 15) is 14.0 Å². The highest BCUT2D eigenvalue weighted by Crippen LogP contribution is 2.14. The molecule has 0 aliphatic rings. The van der Waals surface area contributed by atoms with Crippen molar-refractivity contribution in [1.29, 1.82) is 0 Å². The molecule has 0 fully saturated rings. The van der Waals surface area contributed by atoms with Crippen molar-refractivity contribution >= 4 is 23.2 Å². The Hall–Kier alpha value is -2.21. The third kappa shape index (κ3) is 4.96. The molecule has 116 valence electrons. The van der Waals surface area contributed by atoms with E-state index in [1.807, 2.05) is 13.0 Å². The van der Waals surface area contributed by atoms with Crippen LogP contribution in [0.5, 0.6) is 0 Å². The molecule has 0 aliphatic carbocycles. The molecule has 0 radical (unpaired) electrons. The van der Waals surface area contributed by atoms with Gasteiger partial charge in [0.05, 0.1) is 11.4 Å². The monoisotopic (exact) mass is 320 g/mol. The van der Waals surface area contributed by atoms with Gasteiger partial charge in [0.15, 0.2) is 0 Å². The van der Waals surface area contributed by atoms with Crippen LogP contribution in [-0.2, 0) is 11.2 Å². The van der Waals surface area contributed by atoms with Crippen LogP contribution in [0.2, 0.25) is 0 Å². The number of thiophene rings is 1. The molecule has 22 heavy (non-hydrogen) atoms. The van der Waals surface area contributed by atoms with Crippen molar-refractivity contribution in [2.75, 3.05) is 13.1 Å². The lowest BCUT2D eigenvalue weighted by Gasteiger charge is -2.06. The molecule has 0 saturated carbocycles. The lowest BCUT2D eigenvalue weighted by atomic mass is 10.1. The largest absolute Gasteiger partial charge is 0.354 e. The van der Waals surface area contributed by atoms with Gasteiger partial charge in [-0.25, -0.2) is 4.39 Å². The van der Waals surface area contributed by atoms with Gasteiger partial charge in [0.1, 0.15) is 5.82 Å². The Morgan fingerprint density at radius 2 is 2.00 bits per heavy atom. The number of carbonyl (C=O) groups is 2. The summed E-state index contributed by atoms with van der Waals surface area (Å²) in [6.07, 6.45) is 0.543. The zero-order valence-electron chi connectivity index (χ0n) is 12.2. The van der Waals surface area contributed by atoms with Crippen LogP contribution >= 0.6 is 11.3 Å². The molecule has 4 nitrogen and oxygen atoms in total. The Bertz CT molecular complexity index is 670. The maximum atomic E-state index is 13.0. The van der Waals surface area contributed by atoms with E-state index in [1.165, 1.54) is 23.5 Å². The lowest BCUT2D eigenvalue weighted by Crippen LogP contribution is -2.37. The summed E-state index contributed by atoms with van der Waals surface area (Å²) in [4.78, 5) is 25.1. The van der Waals surface area contributed by atoms with Gasteiger partial charge in [0.2, 0.25) is 5.91 Å². The molecule has 1 heterocycles. The molecule has 0 aliphatic heterocycles. The van der Waals surface area contributed by atoms with Gasteiger partial charge in [-0.15, -0.1) is 11.3 Å². The third-order valence-corrected chi connectivity index (χ3v) is 4.00. The summed E-state index contributed by atoms with van der Waals surface area (Å²) >= 11 is 1.38. The van der Waals surface area contributed by atoms with Crippen molar-refractivity contribution < 1.29 is 14.0 Å². The Labute approximate surface area is 132 Å². The van der Waals surface area contributed by atoms with Crippen LogP contribution in [0.4, 0.5) is 4.39 Å². The van der Waals surface area contributed by atoms with Gasteiger partial charge in [-0.1, -0.05) is 12.1 Å². The van der Waals surface area contributed by atoms with Gasteiger partial charge in [-0.2, -0.15) is 0 Å². The molecule has 6 heteroatoms. The Morgan fingerprint density at radius 1 is 1.18 bits per heavy atom. The summed E-state index contributed by atoms with van der Waals surface area (Å²) in [5, 5.41) is 5.26. The fourth-order valence-corrected chi connectivity index (χ4v) is 2.69. The second kappa shape index (κ2) is 7.70. The summed E-state index contributed by atoms with van der Waals surface area (Å²) in [5.41, 5.74) is 0.818. The summed E-state index contributed by atoms with van der Waals surface area (Å²) in [6.45, 7) is 2.25. The molecule has 2 amide bonds. The van der Waals surface area contributed by atoms with E-state index in [0.29, 0.717) is 17.8 Å². The van der Waals surface area contributed by atoms with Crippen LogP contribution in [0.1, 0.15) is 20.1 Å². The second-order valence-electron chi connectivity index (χ2n) is 4.82. The number of aryl methyl sites for hydroxylation is 1. The number of carbonyl (C=O) groups excluding carboxylic acids is 2. The molecule has 0 saturated heterocycles. The minimum Gasteiger partial charge on any atom is -0.354 e. The van der Waals surface area contributed by atoms with Crippen LogP contribution in [0.25, 0.3) is 0 Å². The molecule has 0 atom stereocenters. The number of benzene rings is 1. The molecule has 0 unspecified atom stereocenters. The predicted octanol–water partition coefficient (Wildman–Crippen LogP) is 2.28. The molecule has 0 spiro atoms. The first-order valence-corrected chi connectivity index (χ1v) is 7.72. The molecular weight excluding hydrogens is 303 g/mol. The van der Waals surface area contributed by atoms with E-state index in [1.54, 1.807) is 18.2 Å². The van der Waals surface area contributed by atoms with E-state index < -0.39 is 0 Å². The van der Waals surface area contributed by atoms with Gasteiger partial charge in [-0.3, -0.25) is 9.59 Å². The topological polar surface area (TPSA) is 58.2 Å². The summed E-state index contributed by atoms with van der Waals surface area (Å²) in [7, 11) is 0. The number of halogens is 1. The summed E-state index contributed by atoms with van der Waals surface area (Å²) < 4.78 is 13.0. The molecule has 2 aromatic rings. The van der Waals surface area contributed by atoms with Gasteiger partial charge in [-0.05, 0) is 43.2 Å². The van der Waals surface area contributed by atoms with E-state index in [2.05, 4.69) is 10.6 Å². The molecule has 1 aromatic heterocycles. The standard InChI is InChI=1S/C16H17FN2O2S/c1-11-5-6-14(22-11)16(21)19-10-15(20)18-8-7-12-3-2-4-13(17)9-12/h2-6,9H,7-8,10H2,1H3,(H,18,20)(H,19,21). The third-order valence-electron chi connectivity index (χ3n) is 3.00. The molecule has 2 N–H and O–H groups in total. The molecule has 1 aromatic carbocycles. The van der Waals surface area contributed by atoms with Gasteiger partial charge in [0, 0.05) is 11.4 Å². The minimum atomic E-state index is -0.290. The Kier molecular flexibility index (Phi) is 5.66. The fourth-order valence-electron chi connectivity index (χ4n) is 1.91. The summed E-state index contributed by atoms with van der Waals surface area (Å²) in [5.74, 6) is -0.807. The average Bonchev–Trinajstić information content (AvgIpc) is 2.91. The van der Waals surface area contributed by atoms with Crippen molar-refractivity contribution in [3.63, 3.8) is 0 Å². The van der Waals surface area contributed by atoms with Crippen molar-refractivity contribution in [3.8, 4) is 0 Å². The predicted molar refractivity (Wildman–Crippen MR) is 84.5 cm³/mol. The average molecular weight is 320 g/mol. The maximum Gasteiger partial charge on any atom is 0.261 e. The zero-order valence-corrected chi connectivity index (χ0v) is 13.0. The zero-order chi connectivity index (χ0) is 15.9. The summed E-state index contributed by atoms with van der Waals surface area (Å²) in [6, 6.07) is 9.85. The maximum absolute atomic E-state index is 13.0. The highest BCUT2D eigenvalue weighted by atomic mass is 32.1. The Morgan fingerprint density at radius 3 is 2.68 bits per heavy atom. The van der Waals surface area contributed by atoms with Crippen molar-refractivity contribution in [3.05, 3.63) is 57.5 Å². The van der Waals surface area contributed by atoms with Crippen LogP contribution in [0.15, 0.2) is 36.4 Å². The highest BCUT2D eigenvalue weighted by Gasteiger charge is 2.09. The van der Waals surface area contributed by atoms with E-state index in [0.717, 1.165) is 10.4 Å². The number of hydrogen-bond acceptors (Lipinski definition) is 3. The second-order valence-corrected chi connectivity index (χ2v) is 6.11. The van der Waals surface area contributed by atoms with E-state index in [4.69, 9.17) is 0 Å². The normalized spacial score (nSPS) is 10.3. The molecule has 2 rings (SSSR count). The first kappa shape index (κ1) is 16.2. The number of rotatable bonds is 6. The van der Waals surface area contributed by atoms with Crippen molar-refractivity contribution in [1.82, 2.24) is 10.6 Å². The number of hydrogen-bond donors (Lipinski definition) is 2. The van der Waals surface area contributed by atoms with E-state index in [-0.39, 0.29) is 24.2 Å². The smallest absolute Gasteiger partial charge is 0.261 e.